The first-order chi connectivity index (χ1) is 12.8. The van der Waals surface area contributed by atoms with Gasteiger partial charge >= 0.3 is 6.18 Å². The number of amides is 2. The molecule has 1 aromatic heterocycles. The lowest BCUT2D eigenvalue weighted by Gasteiger charge is -2.05. The molecule has 0 saturated carbocycles. The summed E-state index contributed by atoms with van der Waals surface area (Å²) in [5, 5.41) is 4.95. The van der Waals surface area contributed by atoms with Gasteiger partial charge in [0.05, 0.1) is 10.9 Å². The summed E-state index contributed by atoms with van der Waals surface area (Å²) < 4.78 is 36.6. The molecule has 142 valence electrons. The molecule has 27 heavy (non-hydrogen) atoms. The number of anilines is 1. The maximum atomic E-state index is 12.2. The van der Waals surface area contributed by atoms with Gasteiger partial charge in [-0.25, -0.2) is 9.98 Å². The van der Waals surface area contributed by atoms with Crippen LogP contribution in [0.3, 0.4) is 0 Å². The van der Waals surface area contributed by atoms with Gasteiger partial charge in [0.2, 0.25) is 11.8 Å². The van der Waals surface area contributed by atoms with E-state index in [2.05, 4.69) is 20.6 Å². The van der Waals surface area contributed by atoms with Crippen molar-refractivity contribution < 1.29 is 22.8 Å². The third-order valence-electron chi connectivity index (χ3n) is 3.31. The van der Waals surface area contributed by atoms with Crippen LogP contribution in [0.5, 0.6) is 0 Å². The Morgan fingerprint density at radius 3 is 2.74 bits per heavy atom. The Balaban J connectivity index is 1.58. The van der Waals surface area contributed by atoms with Crippen LogP contribution in [-0.4, -0.2) is 33.4 Å². The topological polar surface area (TPSA) is 83.4 Å². The van der Waals surface area contributed by atoms with Crippen LogP contribution in [0.15, 0.2) is 41.5 Å². The molecule has 0 radical (unpaired) electrons. The number of aliphatic imine (C=N–C) groups is 1. The van der Waals surface area contributed by atoms with E-state index in [1.165, 1.54) is 18.0 Å². The summed E-state index contributed by atoms with van der Waals surface area (Å²) in [6.07, 6.45) is -4.37. The van der Waals surface area contributed by atoms with Crippen molar-refractivity contribution in [2.75, 3.05) is 5.32 Å². The van der Waals surface area contributed by atoms with Gasteiger partial charge in [0.1, 0.15) is 6.42 Å². The Morgan fingerprint density at radius 1 is 1.30 bits per heavy atom. The van der Waals surface area contributed by atoms with E-state index in [1.807, 2.05) is 30.3 Å². The smallest absolute Gasteiger partial charge is 0.304 e. The Hall–Kier alpha value is -2.40. The van der Waals surface area contributed by atoms with Crippen LogP contribution in [0.1, 0.15) is 11.3 Å². The molecule has 2 N–H and O–H groups in total. The summed E-state index contributed by atoms with van der Waals surface area (Å²) in [6, 6.07) is 9.16. The summed E-state index contributed by atoms with van der Waals surface area (Å²) >= 11 is 2.31. The first-order valence-corrected chi connectivity index (χ1v) is 9.41. The molecule has 0 spiro atoms. The summed E-state index contributed by atoms with van der Waals surface area (Å²) in [6.45, 7) is 0. The number of benzene rings is 1. The van der Waals surface area contributed by atoms with E-state index in [0.29, 0.717) is 22.2 Å². The second kappa shape index (κ2) is 8.09. The lowest BCUT2D eigenvalue weighted by Crippen LogP contribution is -2.25. The zero-order valence-corrected chi connectivity index (χ0v) is 15.2. The van der Waals surface area contributed by atoms with E-state index < -0.39 is 23.8 Å². The number of aromatic nitrogens is 1. The molecule has 1 saturated heterocycles. The van der Waals surface area contributed by atoms with Crippen molar-refractivity contribution in [2.24, 2.45) is 4.99 Å². The maximum Gasteiger partial charge on any atom is 0.397 e. The zero-order chi connectivity index (χ0) is 19.4. The number of para-hydroxylation sites is 1. The minimum absolute atomic E-state index is 0.0702. The van der Waals surface area contributed by atoms with E-state index in [-0.39, 0.29) is 11.0 Å². The molecule has 0 aliphatic carbocycles. The molecule has 6 nitrogen and oxygen atoms in total. The van der Waals surface area contributed by atoms with Gasteiger partial charge in [-0.15, -0.1) is 11.3 Å². The number of thioether (sulfide) groups is 1. The molecule has 2 amide bonds. The Kier molecular flexibility index (Phi) is 5.80. The highest BCUT2D eigenvalue weighted by atomic mass is 32.2. The van der Waals surface area contributed by atoms with Crippen LogP contribution in [0.2, 0.25) is 0 Å². The highest BCUT2D eigenvalue weighted by Crippen LogP contribution is 2.29. The van der Waals surface area contributed by atoms with Gasteiger partial charge in [-0.1, -0.05) is 30.0 Å². The number of hydrogen-bond donors (Lipinski definition) is 2. The first-order valence-electron chi connectivity index (χ1n) is 7.71. The molecule has 1 fully saturated rings. The molecule has 1 aliphatic rings. The van der Waals surface area contributed by atoms with Crippen molar-refractivity contribution in [3.63, 3.8) is 0 Å². The van der Waals surface area contributed by atoms with Gasteiger partial charge in [-0.3, -0.25) is 9.59 Å². The van der Waals surface area contributed by atoms with Gasteiger partial charge in [0.15, 0.2) is 10.3 Å². The summed E-state index contributed by atoms with van der Waals surface area (Å²) in [5.74, 6) is -1.38. The maximum absolute atomic E-state index is 12.2. The fraction of sp³-hybridized carbons (Fsp3) is 0.250. The molecule has 1 aliphatic heterocycles. The van der Waals surface area contributed by atoms with Crippen molar-refractivity contribution in [3.8, 4) is 0 Å². The van der Waals surface area contributed by atoms with Crippen molar-refractivity contribution in [1.82, 2.24) is 10.3 Å². The summed E-state index contributed by atoms with van der Waals surface area (Å²) in [7, 11) is 0. The quantitative estimate of drug-likeness (QED) is 0.785. The molecular weight excluding hydrogens is 401 g/mol. The third kappa shape index (κ3) is 5.79. The number of nitrogens with one attached hydrogen (secondary N) is 2. The number of thiazole rings is 1. The first kappa shape index (κ1) is 19.4. The fourth-order valence-electron chi connectivity index (χ4n) is 2.20. The second-order valence-corrected chi connectivity index (χ2v) is 7.83. The number of nitrogens with zero attached hydrogens (tertiary/aromatic N) is 2. The largest absolute Gasteiger partial charge is 0.397 e. The Morgan fingerprint density at radius 2 is 2.04 bits per heavy atom. The number of rotatable bonds is 5. The number of alkyl halides is 3. The van der Waals surface area contributed by atoms with Crippen molar-refractivity contribution in [3.05, 3.63) is 41.4 Å². The van der Waals surface area contributed by atoms with E-state index in [1.54, 1.807) is 0 Å². The van der Waals surface area contributed by atoms with Crippen LogP contribution in [0.25, 0.3) is 0 Å². The van der Waals surface area contributed by atoms with E-state index in [4.69, 9.17) is 0 Å². The molecule has 1 unspecified atom stereocenters. The summed E-state index contributed by atoms with van der Waals surface area (Å²) in [5.41, 5.74) is 0.716. The molecule has 11 heteroatoms. The predicted octanol–water partition coefficient (Wildman–Crippen LogP) is 3.50. The highest BCUT2D eigenvalue weighted by molar-refractivity contribution is 8.15. The van der Waals surface area contributed by atoms with Gasteiger partial charge in [-0.05, 0) is 12.1 Å². The normalized spacial score (nSPS) is 18.6. The molecule has 0 bridgehead atoms. The van der Waals surface area contributed by atoms with Gasteiger partial charge in [0.25, 0.3) is 0 Å². The third-order valence-corrected chi connectivity index (χ3v) is 5.33. The number of hydrogen-bond acceptors (Lipinski definition) is 6. The second-order valence-electron chi connectivity index (χ2n) is 5.52. The van der Waals surface area contributed by atoms with Crippen molar-refractivity contribution in [1.29, 1.82) is 0 Å². The average molecular weight is 414 g/mol. The fourth-order valence-corrected chi connectivity index (χ4v) is 4.20. The number of halogens is 3. The zero-order valence-electron chi connectivity index (χ0n) is 13.6. The number of carbonyl (C=O) groups excluding carboxylic acids is 2. The molecular formula is C16H13F3N4O2S2. The van der Waals surface area contributed by atoms with Crippen LogP contribution in [-0.2, 0) is 16.0 Å². The average Bonchev–Trinajstić information content (AvgIpc) is 3.13. The summed E-state index contributed by atoms with van der Waals surface area (Å²) in [4.78, 5) is 32.3. The number of amidine groups is 1. The Bertz CT molecular complexity index is 868. The van der Waals surface area contributed by atoms with E-state index in [9.17, 15) is 22.8 Å². The van der Waals surface area contributed by atoms with Gasteiger partial charge in [0, 0.05) is 17.5 Å². The highest BCUT2D eigenvalue weighted by Gasteiger charge is 2.32. The van der Waals surface area contributed by atoms with Gasteiger partial charge < -0.3 is 10.6 Å². The molecule has 1 aromatic carbocycles. The van der Waals surface area contributed by atoms with Crippen molar-refractivity contribution >= 4 is 50.9 Å². The predicted molar refractivity (Wildman–Crippen MR) is 98.2 cm³/mol. The van der Waals surface area contributed by atoms with Crippen LogP contribution >= 0.6 is 23.1 Å². The SMILES string of the molecule is O=C(CC(F)(F)F)Nc1ncc(CC2SC(=Nc3ccccc3)NC2=O)s1. The lowest BCUT2D eigenvalue weighted by atomic mass is 10.2. The van der Waals surface area contributed by atoms with Crippen LogP contribution in [0, 0.1) is 0 Å². The van der Waals surface area contributed by atoms with Crippen LogP contribution in [0.4, 0.5) is 24.0 Å². The van der Waals surface area contributed by atoms with E-state index in [0.717, 1.165) is 11.3 Å². The molecule has 2 aromatic rings. The lowest BCUT2D eigenvalue weighted by molar-refractivity contribution is -0.150. The monoisotopic (exact) mass is 414 g/mol. The van der Waals surface area contributed by atoms with Crippen molar-refractivity contribution in [2.45, 2.75) is 24.3 Å². The minimum atomic E-state index is -4.57. The number of carbonyl (C=O) groups is 2. The van der Waals surface area contributed by atoms with Gasteiger partial charge in [-0.2, -0.15) is 13.2 Å². The van der Waals surface area contributed by atoms with Crippen LogP contribution < -0.4 is 10.6 Å². The molecule has 1 atom stereocenters. The molecule has 3 rings (SSSR count). The van der Waals surface area contributed by atoms with E-state index >= 15 is 0 Å². The Labute approximate surface area is 160 Å². The minimum Gasteiger partial charge on any atom is -0.304 e. The molecule has 2 heterocycles. The standard InChI is InChI=1S/C16H13F3N4O2S2/c17-16(18,19)7-12(24)22-14-20-8-10(26-14)6-11-13(25)23-15(27-11)21-9-4-2-1-3-5-9/h1-5,8,11H,6-7H2,(H,20,22,24)(H,21,23,25).